The first-order valence-corrected chi connectivity index (χ1v) is 12.4. The first kappa shape index (κ1) is 23.7. The molecule has 0 bridgehead atoms. The number of piperidine rings is 1. The lowest BCUT2D eigenvalue weighted by atomic mass is 9.76. The lowest BCUT2D eigenvalue weighted by Crippen LogP contribution is -2.42. The first-order chi connectivity index (χ1) is 15.9. The smallest absolute Gasteiger partial charge is 0.308 e. The van der Waals surface area contributed by atoms with Crippen LogP contribution in [0.25, 0.3) is 0 Å². The highest BCUT2D eigenvalue weighted by Gasteiger charge is 2.39. The van der Waals surface area contributed by atoms with Crippen LogP contribution in [-0.2, 0) is 33.7 Å². The van der Waals surface area contributed by atoms with E-state index < -0.39 is 11.9 Å². The van der Waals surface area contributed by atoms with Crippen LogP contribution in [0.1, 0.15) is 73.6 Å². The number of amides is 2. The molecule has 2 amide bonds. The van der Waals surface area contributed by atoms with E-state index in [0.717, 1.165) is 62.3 Å². The molecule has 2 fully saturated rings. The van der Waals surface area contributed by atoms with Gasteiger partial charge in [0.25, 0.3) is 5.91 Å². The zero-order valence-electron chi connectivity index (χ0n) is 19.6. The number of likely N-dealkylation sites (tertiary alicyclic amines) is 1. The number of aliphatic carboxylic acids is 1. The minimum absolute atomic E-state index is 0.0207. The van der Waals surface area contributed by atoms with Crippen molar-refractivity contribution in [3.05, 3.63) is 17.0 Å². The second-order valence-electron chi connectivity index (χ2n) is 9.79. The molecule has 0 aliphatic carbocycles. The summed E-state index contributed by atoms with van der Waals surface area (Å²) in [4.78, 5) is 38.5. The fourth-order valence-electron chi connectivity index (χ4n) is 5.46. The van der Waals surface area contributed by atoms with Gasteiger partial charge in [0.15, 0.2) is 0 Å². The number of aromatic nitrogens is 2. The third kappa shape index (κ3) is 5.23. The van der Waals surface area contributed by atoms with Crippen LogP contribution in [0.4, 0.5) is 0 Å². The van der Waals surface area contributed by atoms with Crippen LogP contribution in [0.15, 0.2) is 0 Å². The molecule has 1 atom stereocenters. The number of nitrogens with zero attached hydrogens (tertiary/aromatic N) is 3. The molecule has 1 spiro atoms. The van der Waals surface area contributed by atoms with Crippen molar-refractivity contribution in [2.24, 2.45) is 11.3 Å². The predicted molar refractivity (Wildman–Crippen MR) is 121 cm³/mol. The molecule has 0 saturated carbocycles. The van der Waals surface area contributed by atoms with E-state index in [4.69, 9.17) is 9.84 Å². The number of nitrogens with one attached hydrogen (secondary N) is 1. The number of ether oxygens (including phenoxy) is 1. The van der Waals surface area contributed by atoms with Crippen molar-refractivity contribution in [2.75, 3.05) is 32.8 Å². The van der Waals surface area contributed by atoms with E-state index in [9.17, 15) is 19.5 Å². The standard InChI is InChI=1S/C24H36N4O5/c1-2-18-21-19(14-24(16-25-22(21)30)8-12-33-13-9-24)28(26-18)11-4-3-7-20(29)27-10-5-6-17(15-27)23(31)32/h17H,2-16H2,1H3,(H,25,30)(H,31,32). The summed E-state index contributed by atoms with van der Waals surface area (Å²) in [7, 11) is 0. The zero-order chi connectivity index (χ0) is 23.4. The molecule has 1 aromatic rings. The Balaban J connectivity index is 1.38. The molecule has 0 radical (unpaired) electrons. The molecule has 2 N–H and O–H groups in total. The Morgan fingerprint density at radius 3 is 2.79 bits per heavy atom. The summed E-state index contributed by atoms with van der Waals surface area (Å²) < 4.78 is 7.58. The maximum Gasteiger partial charge on any atom is 0.308 e. The maximum atomic E-state index is 12.9. The van der Waals surface area contributed by atoms with Gasteiger partial charge in [-0.15, -0.1) is 0 Å². The van der Waals surface area contributed by atoms with Gasteiger partial charge < -0.3 is 20.1 Å². The molecule has 2 saturated heterocycles. The Kier molecular flexibility index (Phi) is 7.36. The van der Waals surface area contributed by atoms with E-state index in [2.05, 4.69) is 5.32 Å². The van der Waals surface area contributed by atoms with E-state index in [1.165, 1.54) is 0 Å². The second kappa shape index (κ2) is 10.2. The minimum Gasteiger partial charge on any atom is -0.481 e. The molecule has 9 heteroatoms. The molecule has 9 nitrogen and oxygen atoms in total. The van der Waals surface area contributed by atoms with Gasteiger partial charge in [0, 0.05) is 45.8 Å². The highest BCUT2D eigenvalue weighted by atomic mass is 16.5. The van der Waals surface area contributed by atoms with Crippen molar-refractivity contribution in [3.63, 3.8) is 0 Å². The van der Waals surface area contributed by atoms with Crippen LogP contribution in [-0.4, -0.2) is 70.4 Å². The van der Waals surface area contributed by atoms with Gasteiger partial charge >= 0.3 is 5.97 Å². The van der Waals surface area contributed by atoms with E-state index in [1.807, 2.05) is 11.6 Å². The van der Waals surface area contributed by atoms with Gasteiger partial charge in [-0.3, -0.25) is 19.1 Å². The van der Waals surface area contributed by atoms with Gasteiger partial charge in [0.2, 0.25) is 5.91 Å². The number of rotatable bonds is 7. The Morgan fingerprint density at radius 1 is 1.27 bits per heavy atom. The first-order valence-electron chi connectivity index (χ1n) is 12.4. The predicted octanol–water partition coefficient (Wildman–Crippen LogP) is 2.02. The Morgan fingerprint density at radius 2 is 2.06 bits per heavy atom. The van der Waals surface area contributed by atoms with E-state index >= 15 is 0 Å². The maximum absolute atomic E-state index is 12.9. The van der Waals surface area contributed by atoms with Crippen LogP contribution in [0.2, 0.25) is 0 Å². The monoisotopic (exact) mass is 460 g/mol. The molecule has 182 valence electrons. The molecular weight excluding hydrogens is 424 g/mol. The van der Waals surface area contributed by atoms with Crippen LogP contribution in [0.5, 0.6) is 0 Å². The summed E-state index contributed by atoms with van der Waals surface area (Å²) >= 11 is 0. The van der Waals surface area contributed by atoms with Crippen LogP contribution >= 0.6 is 0 Å². The number of carbonyl (C=O) groups excluding carboxylic acids is 2. The number of unbranched alkanes of at least 4 members (excludes halogenated alkanes) is 1. The van der Waals surface area contributed by atoms with Gasteiger partial charge in [-0.25, -0.2) is 0 Å². The highest BCUT2D eigenvalue weighted by Crippen LogP contribution is 2.37. The molecule has 1 aromatic heterocycles. The summed E-state index contributed by atoms with van der Waals surface area (Å²) in [6.45, 7) is 5.79. The number of carbonyl (C=O) groups is 3. The molecule has 3 aliphatic rings. The molecule has 1 unspecified atom stereocenters. The summed E-state index contributed by atoms with van der Waals surface area (Å²) in [6, 6.07) is 0. The number of hydrogen-bond donors (Lipinski definition) is 2. The van der Waals surface area contributed by atoms with Crippen molar-refractivity contribution in [1.29, 1.82) is 0 Å². The van der Waals surface area contributed by atoms with Crippen LogP contribution in [0.3, 0.4) is 0 Å². The van der Waals surface area contributed by atoms with Gasteiger partial charge in [0.1, 0.15) is 0 Å². The van der Waals surface area contributed by atoms with Crippen molar-refractivity contribution in [3.8, 4) is 0 Å². The summed E-state index contributed by atoms with van der Waals surface area (Å²) in [5, 5.41) is 17.2. The third-order valence-electron chi connectivity index (χ3n) is 7.55. The van der Waals surface area contributed by atoms with E-state index in [1.54, 1.807) is 4.90 Å². The fourth-order valence-corrected chi connectivity index (χ4v) is 5.46. The summed E-state index contributed by atoms with van der Waals surface area (Å²) in [5.74, 6) is -1.25. The molecule has 3 aliphatic heterocycles. The quantitative estimate of drug-likeness (QED) is 0.602. The van der Waals surface area contributed by atoms with Gasteiger partial charge in [-0.1, -0.05) is 6.92 Å². The normalized spacial score (nSPS) is 22.5. The third-order valence-corrected chi connectivity index (χ3v) is 7.55. The lowest BCUT2D eigenvalue weighted by Gasteiger charge is -2.36. The molecule has 4 heterocycles. The van der Waals surface area contributed by atoms with Gasteiger partial charge in [-0.2, -0.15) is 5.10 Å². The number of fused-ring (bicyclic) bond motifs is 1. The highest BCUT2D eigenvalue weighted by molar-refractivity contribution is 5.97. The Hall–Kier alpha value is -2.42. The molecule has 4 rings (SSSR count). The number of aryl methyl sites for hydroxylation is 2. The average molecular weight is 461 g/mol. The van der Waals surface area contributed by atoms with Crippen molar-refractivity contribution in [1.82, 2.24) is 20.0 Å². The van der Waals surface area contributed by atoms with E-state index in [-0.39, 0.29) is 17.2 Å². The average Bonchev–Trinajstić information content (AvgIpc) is 3.10. The largest absolute Gasteiger partial charge is 0.481 e. The molecular formula is C24H36N4O5. The van der Waals surface area contributed by atoms with Crippen molar-refractivity contribution in [2.45, 2.75) is 71.3 Å². The zero-order valence-corrected chi connectivity index (χ0v) is 19.6. The fraction of sp³-hybridized carbons (Fsp3) is 0.750. The van der Waals surface area contributed by atoms with Crippen LogP contribution in [0, 0.1) is 11.3 Å². The minimum atomic E-state index is -0.815. The Labute approximate surface area is 194 Å². The molecule has 0 aromatic carbocycles. The molecule has 33 heavy (non-hydrogen) atoms. The topological polar surface area (TPSA) is 114 Å². The number of carboxylic acids is 1. The Bertz CT molecular complexity index is 890. The lowest BCUT2D eigenvalue weighted by molar-refractivity contribution is -0.145. The summed E-state index contributed by atoms with van der Waals surface area (Å²) in [6.07, 6.45) is 6.70. The second-order valence-corrected chi connectivity index (χ2v) is 9.79. The number of carboxylic acid groups (broad SMARTS) is 1. The number of hydrogen-bond acceptors (Lipinski definition) is 5. The van der Waals surface area contributed by atoms with Gasteiger partial charge in [0.05, 0.1) is 22.9 Å². The SMILES string of the molecule is CCc1nn(CCCCC(=O)N2CCCC(C(=O)O)C2)c2c1C(=O)NCC1(CCOCC1)C2. The van der Waals surface area contributed by atoms with Gasteiger partial charge in [-0.05, 0) is 56.8 Å². The summed E-state index contributed by atoms with van der Waals surface area (Å²) in [5.41, 5.74) is 2.63. The van der Waals surface area contributed by atoms with E-state index in [0.29, 0.717) is 51.9 Å². The van der Waals surface area contributed by atoms with Crippen molar-refractivity contribution < 1.29 is 24.2 Å². The van der Waals surface area contributed by atoms with Crippen LogP contribution < -0.4 is 5.32 Å². The van der Waals surface area contributed by atoms with Crippen molar-refractivity contribution >= 4 is 17.8 Å².